The summed E-state index contributed by atoms with van der Waals surface area (Å²) in [6.07, 6.45) is 5.36. The summed E-state index contributed by atoms with van der Waals surface area (Å²) in [4.78, 5) is 12.6. The number of hydrogen-bond donors (Lipinski definition) is 2. The fraction of sp³-hybridized carbons (Fsp3) is 0.710. The standard InChI is InChI=1S/C31H49NO4/c1-19(2)30(20(3)4)32-31(34)24-10-12-25(13-11-24)35-17-16-29(33)23(7)27-14-8-21(5)26-15-9-22(6)36-18-28(26)27/h10-13,20-23,26-30,33H,1,8-9,14-18H2,2-7H3,(H,32,34)/t21-,22?,23-,26+,27+,28?,29-,30-/m1/s1. The summed E-state index contributed by atoms with van der Waals surface area (Å²) in [6.45, 7) is 18.2. The molecule has 202 valence electrons. The van der Waals surface area contributed by atoms with Gasteiger partial charge in [-0.1, -0.05) is 46.3 Å². The molecule has 3 rings (SSSR count). The minimum Gasteiger partial charge on any atom is -0.493 e. The lowest BCUT2D eigenvalue weighted by Crippen LogP contribution is -2.41. The van der Waals surface area contributed by atoms with Crippen LogP contribution >= 0.6 is 0 Å². The Labute approximate surface area is 219 Å². The van der Waals surface area contributed by atoms with E-state index in [1.807, 2.05) is 19.1 Å². The highest BCUT2D eigenvalue weighted by Gasteiger charge is 2.42. The van der Waals surface area contributed by atoms with Gasteiger partial charge in [0.1, 0.15) is 5.75 Å². The van der Waals surface area contributed by atoms with E-state index in [-0.39, 0.29) is 23.8 Å². The number of fused-ring (bicyclic) bond motifs is 1. The molecule has 1 saturated carbocycles. The molecule has 2 N–H and O–H groups in total. The normalized spacial score (nSPS) is 28.9. The van der Waals surface area contributed by atoms with E-state index in [9.17, 15) is 9.90 Å². The fourth-order valence-corrected chi connectivity index (χ4v) is 6.44. The Balaban J connectivity index is 1.49. The van der Waals surface area contributed by atoms with Crippen LogP contribution in [-0.4, -0.2) is 42.5 Å². The van der Waals surface area contributed by atoms with Gasteiger partial charge in [0.15, 0.2) is 0 Å². The quantitative estimate of drug-likeness (QED) is 0.373. The summed E-state index contributed by atoms with van der Waals surface area (Å²) in [5, 5.41) is 14.1. The molecule has 8 atom stereocenters. The fourth-order valence-electron chi connectivity index (χ4n) is 6.44. The Morgan fingerprint density at radius 1 is 1.11 bits per heavy atom. The number of carbonyl (C=O) groups excluding carboxylic acids is 1. The molecular weight excluding hydrogens is 450 g/mol. The molecule has 0 aromatic heterocycles. The Morgan fingerprint density at radius 3 is 2.44 bits per heavy atom. The first-order valence-electron chi connectivity index (χ1n) is 14.1. The van der Waals surface area contributed by atoms with Gasteiger partial charge in [-0.15, -0.1) is 0 Å². The molecule has 1 aromatic rings. The molecule has 2 aliphatic rings. The number of nitrogens with one attached hydrogen (secondary N) is 1. The lowest BCUT2D eigenvalue weighted by Gasteiger charge is -2.44. The SMILES string of the molecule is C=C(C)[C@@H](NC(=O)c1ccc(OCC[C@@H](O)[C@H](C)[C@@H]2CC[C@@H](C)[C@@H]3CCC(C)OCC23)cc1)C(C)C. The minimum atomic E-state index is -0.398. The molecule has 2 unspecified atom stereocenters. The van der Waals surface area contributed by atoms with Gasteiger partial charge in [-0.3, -0.25) is 4.79 Å². The summed E-state index contributed by atoms with van der Waals surface area (Å²) < 4.78 is 12.1. The summed E-state index contributed by atoms with van der Waals surface area (Å²) in [7, 11) is 0. The summed E-state index contributed by atoms with van der Waals surface area (Å²) >= 11 is 0. The Kier molecular flexibility index (Phi) is 10.4. The molecule has 1 aliphatic heterocycles. The van der Waals surface area contributed by atoms with Crippen LogP contribution < -0.4 is 10.1 Å². The summed E-state index contributed by atoms with van der Waals surface area (Å²) in [6, 6.07) is 7.18. The predicted molar refractivity (Wildman–Crippen MR) is 146 cm³/mol. The Hall–Kier alpha value is -1.85. The third-order valence-corrected chi connectivity index (χ3v) is 8.83. The first kappa shape index (κ1) is 28.7. The van der Waals surface area contributed by atoms with Gasteiger partial charge in [0.25, 0.3) is 5.91 Å². The highest BCUT2D eigenvalue weighted by atomic mass is 16.5. The van der Waals surface area contributed by atoms with Gasteiger partial charge in [0.2, 0.25) is 0 Å². The average molecular weight is 500 g/mol. The van der Waals surface area contributed by atoms with Gasteiger partial charge in [-0.2, -0.15) is 0 Å². The second-order valence-corrected chi connectivity index (χ2v) is 11.9. The van der Waals surface area contributed by atoms with Crippen molar-refractivity contribution < 1.29 is 19.4 Å². The van der Waals surface area contributed by atoms with Gasteiger partial charge in [0, 0.05) is 12.0 Å². The number of benzene rings is 1. The zero-order valence-corrected chi connectivity index (χ0v) is 23.3. The zero-order chi connectivity index (χ0) is 26.4. The first-order valence-corrected chi connectivity index (χ1v) is 14.1. The molecule has 2 fully saturated rings. The largest absolute Gasteiger partial charge is 0.493 e. The number of ether oxygens (including phenoxy) is 2. The van der Waals surface area contributed by atoms with E-state index >= 15 is 0 Å². The van der Waals surface area contributed by atoms with Gasteiger partial charge >= 0.3 is 0 Å². The van der Waals surface area contributed by atoms with Crippen molar-refractivity contribution in [2.24, 2.45) is 35.5 Å². The number of aliphatic hydroxyl groups excluding tert-OH is 1. The number of rotatable bonds is 10. The lowest BCUT2D eigenvalue weighted by molar-refractivity contribution is -0.0371. The van der Waals surface area contributed by atoms with Crippen molar-refractivity contribution in [2.75, 3.05) is 13.2 Å². The van der Waals surface area contributed by atoms with Gasteiger partial charge < -0.3 is 19.9 Å². The van der Waals surface area contributed by atoms with Crippen LogP contribution in [0.5, 0.6) is 5.75 Å². The van der Waals surface area contributed by atoms with Crippen LogP contribution in [0.2, 0.25) is 0 Å². The van der Waals surface area contributed by atoms with Gasteiger partial charge in [-0.05, 0) is 92.9 Å². The van der Waals surface area contributed by atoms with Crippen LogP contribution in [-0.2, 0) is 4.74 Å². The third-order valence-electron chi connectivity index (χ3n) is 8.83. The zero-order valence-electron chi connectivity index (χ0n) is 23.3. The summed E-state index contributed by atoms with van der Waals surface area (Å²) in [5.41, 5.74) is 1.55. The molecule has 1 saturated heterocycles. The van der Waals surface area contributed by atoms with Crippen molar-refractivity contribution in [1.82, 2.24) is 5.32 Å². The van der Waals surface area contributed by atoms with E-state index in [1.54, 1.807) is 12.1 Å². The van der Waals surface area contributed by atoms with Gasteiger partial charge in [0.05, 0.1) is 31.5 Å². The van der Waals surface area contributed by atoms with E-state index in [0.717, 1.165) is 24.5 Å². The van der Waals surface area contributed by atoms with Crippen molar-refractivity contribution in [3.63, 3.8) is 0 Å². The molecule has 5 nitrogen and oxygen atoms in total. The predicted octanol–water partition coefficient (Wildman–Crippen LogP) is 6.26. The molecule has 1 aromatic carbocycles. The van der Waals surface area contributed by atoms with E-state index in [1.165, 1.54) is 19.3 Å². The molecule has 1 amide bonds. The van der Waals surface area contributed by atoms with Crippen LogP contribution in [0.1, 0.15) is 84.0 Å². The van der Waals surface area contributed by atoms with Gasteiger partial charge in [-0.25, -0.2) is 0 Å². The number of hydrogen-bond acceptors (Lipinski definition) is 4. The topological polar surface area (TPSA) is 67.8 Å². The van der Waals surface area contributed by atoms with E-state index in [4.69, 9.17) is 9.47 Å². The van der Waals surface area contributed by atoms with Crippen molar-refractivity contribution in [2.45, 2.75) is 91.9 Å². The molecule has 1 aliphatic carbocycles. The maximum absolute atomic E-state index is 12.6. The Bertz CT molecular complexity index is 851. The monoisotopic (exact) mass is 499 g/mol. The second kappa shape index (κ2) is 13.1. The number of amides is 1. The highest BCUT2D eigenvalue weighted by molar-refractivity contribution is 5.94. The van der Waals surface area contributed by atoms with Crippen molar-refractivity contribution in [1.29, 1.82) is 0 Å². The molecule has 0 bridgehead atoms. The average Bonchev–Trinajstić information content (AvgIpc) is 3.04. The first-order chi connectivity index (χ1) is 17.1. The van der Waals surface area contributed by atoms with E-state index < -0.39 is 6.10 Å². The van der Waals surface area contributed by atoms with Crippen molar-refractivity contribution in [3.8, 4) is 5.75 Å². The molecule has 36 heavy (non-hydrogen) atoms. The highest BCUT2D eigenvalue weighted by Crippen LogP contribution is 2.46. The minimum absolute atomic E-state index is 0.0486. The van der Waals surface area contributed by atoms with Crippen LogP contribution in [0.4, 0.5) is 0 Å². The number of carbonyl (C=O) groups is 1. The van der Waals surface area contributed by atoms with Crippen LogP contribution in [0, 0.1) is 35.5 Å². The number of aliphatic hydroxyl groups is 1. The lowest BCUT2D eigenvalue weighted by atomic mass is 9.62. The molecule has 5 heteroatoms. The van der Waals surface area contributed by atoms with Crippen molar-refractivity contribution in [3.05, 3.63) is 42.0 Å². The van der Waals surface area contributed by atoms with Crippen LogP contribution in [0.25, 0.3) is 0 Å². The van der Waals surface area contributed by atoms with E-state index in [0.29, 0.717) is 48.2 Å². The molecule has 1 heterocycles. The molecule has 0 spiro atoms. The van der Waals surface area contributed by atoms with Crippen molar-refractivity contribution >= 4 is 5.91 Å². The summed E-state index contributed by atoms with van der Waals surface area (Å²) in [5.74, 6) is 3.61. The second-order valence-electron chi connectivity index (χ2n) is 11.9. The third kappa shape index (κ3) is 7.35. The molecule has 0 radical (unpaired) electrons. The smallest absolute Gasteiger partial charge is 0.251 e. The Morgan fingerprint density at radius 2 is 1.81 bits per heavy atom. The van der Waals surface area contributed by atoms with Crippen LogP contribution in [0.15, 0.2) is 36.4 Å². The van der Waals surface area contributed by atoms with E-state index in [2.05, 4.69) is 46.5 Å². The van der Waals surface area contributed by atoms with Crippen LogP contribution in [0.3, 0.4) is 0 Å². The maximum atomic E-state index is 12.6. The maximum Gasteiger partial charge on any atom is 0.251 e. The molecular formula is C31H49NO4.